The molecule has 0 aromatic rings. The summed E-state index contributed by atoms with van der Waals surface area (Å²) in [4.78, 5) is 37.8. The van der Waals surface area contributed by atoms with Crippen LogP contribution in [0.2, 0.25) is 0 Å². The van der Waals surface area contributed by atoms with Gasteiger partial charge in [-0.3, -0.25) is 14.4 Å². The number of ether oxygens (including phenoxy) is 3. The molecule has 0 N–H and O–H groups in total. The van der Waals surface area contributed by atoms with Crippen molar-refractivity contribution in [2.45, 2.75) is 200 Å². The van der Waals surface area contributed by atoms with E-state index in [2.05, 4.69) is 69.4 Å². The Hall–Kier alpha value is -3.93. The summed E-state index contributed by atoms with van der Waals surface area (Å²) in [5.74, 6) is -1.12. The zero-order valence-corrected chi connectivity index (χ0v) is 38.4. The first-order valence-corrected chi connectivity index (χ1v) is 24.0. The predicted molar refractivity (Wildman–Crippen MR) is 256 cm³/mol. The molecule has 0 aliphatic rings. The van der Waals surface area contributed by atoms with E-state index in [1.54, 1.807) is 0 Å². The molecule has 0 heterocycles. The van der Waals surface area contributed by atoms with Gasteiger partial charge in [-0.05, 0) is 77.0 Å². The third-order valence-electron chi connectivity index (χ3n) is 9.65. The molecule has 1 atom stereocenters. The molecule has 6 heteroatoms. The SMILES string of the molecule is CC\C=C/C=C\C=C/C=C\C=C/CCCC(=O)OC(COC(=O)CC/C=C\C/C=C\CCCCCCCC)COC(=O)CCCCC/C=C\C=C/CCCCCCCCC. The molecule has 6 nitrogen and oxygen atoms in total. The molecular formula is C54H86O6. The molecule has 0 aromatic carbocycles. The second-order valence-corrected chi connectivity index (χ2v) is 15.4. The van der Waals surface area contributed by atoms with Crippen LogP contribution in [0.5, 0.6) is 0 Å². The maximum atomic E-state index is 12.7. The van der Waals surface area contributed by atoms with E-state index < -0.39 is 12.1 Å². The van der Waals surface area contributed by atoms with Gasteiger partial charge < -0.3 is 14.2 Å². The molecular weight excluding hydrogens is 745 g/mol. The molecule has 0 saturated carbocycles. The molecule has 1 unspecified atom stereocenters. The van der Waals surface area contributed by atoms with Crippen LogP contribution in [0.1, 0.15) is 194 Å². The number of esters is 3. The Labute approximate surface area is 368 Å². The van der Waals surface area contributed by atoms with Gasteiger partial charge in [-0.1, -0.05) is 207 Å². The maximum Gasteiger partial charge on any atom is 0.306 e. The van der Waals surface area contributed by atoms with E-state index >= 15 is 0 Å². The van der Waals surface area contributed by atoms with Crippen LogP contribution in [0.25, 0.3) is 0 Å². The lowest BCUT2D eigenvalue weighted by Gasteiger charge is -2.18. The Morgan fingerprint density at radius 3 is 1.32 bits per heavy atom. The van der Waals surface area contributed by atoms with E-state index in [-0.39, 0.29) is 38.0 Å². The third kappa shape index (κ3) is 45.2. The quantitative estimate of drug-likeness (QED) is 0.0201. The van der Waals surface area contributed by atoms with E-state index in [0.717, 1.165) is 51.4 Å². The summed E-state index contributed by atoms with van der Waals surface area (Å²) in [5, 5.41) is 0. The minimum absolute atomic E-state index is 0.140. The summed E-state index contributed by atoms with van der Waals surface area (Å²) in [7, 11) is 0. The van der Waals surface area contributed by atoms with Crippen LogP contribution in [-0.4, -0.2) is 37.2 Å². The van der Waals surface area contributed by atoms with Gasteiger partial charge in [0.05, 0.1) is 0 Å². The Kier molecular flexibility index (Phi) is 44.6. The van der Waals surface area contributed by atoms with Crippen molar-refractivity contribution in [1.29, 1.82) is 0 Å². The summed E-state index contributed by atoms with van der Waals surface area (Å²) in [6.07, 6.45) is 63.8. The van der Waals surface area contributed by atoms with Crippen molar-refractivity contribution in [3.63, 3.8) is 0 Å². The zero-order valence-electron chi connectivity index (χ0n) is 38.4. The molecule has 338 valence electrons. The van der Waals surface area contributed by atoms with E-state index in [0.29, 0.717) is 25.7 Å². The van der Waals surface area contributed by atoms with Crippen LogP contribution in [-0.2, 0) is 28.6 Å². The Morgan fingerprint density at radius 2 is 0.767 bits per heavy atom. The molecule has 0 fully saturated rings. The van der Waals surface area contributed by atoms with Crippen LogP contribution in [0.3, 0.4) is 0 Å². The zero-order chi connectivity index (χ0) is 43.7. The van der Waals surface area contributed by atoms with E-state index in [1.165, 1.54) is 83.5 Å². The van der Waals surface area contributed by atoms with Crippen molar-refractivity contribution in [1.82, 2.24) is 0 Å². The lowest BCUT2D eigenvalue weighted by molar-refractivity contribution is -0.166. The number of hydrogen-bond acceptors (Lipinski definition) is 6. The first-order chi connectivity index (χ1) is 29.5. The van der Waals surface area contributed by atoms with Crippen LogP contribution in [0, 0.1) is 0 Å². The second kappa shape index (κ2) is 47.7. The van der Waals surface area contributed by atoms with Crippen molar-refractivity contribution < 1.29 is 28.6 Å². The number of allylic oxidation sites excluding steroid dienone is 18. The fraction of sp³-hybridized carbons (Fsp3) is 0.611. The smallest absolute Gasteiger partial charge is 0.306 e. The lowest BCUT2D eigenvalue weighted by atomic mass is 10.1. The van der Waals surface area contributed by atoms with Crippen molar-refractivity contribution in [2.24, 2.45) is 0 Å². The maximum absolute atomic E-state index is 12.7. The Morgan fingerprint density at radius 1 is 0.367 bits per heavy atom. The van der Waals surface area contributed by atoms with Gasteiger partial charge in [0.1, 0.15) is 13.2 Å². The monoisotopic (exact) mass is 831 g/mol. The number of hydrogen-bond donors (Lipinski definition) is 0. The molecule has 0 bridgehead atoms. The number of carbonyl (C=O) groups excluding carboxylic acids is 3. The average molecular weight is 831 g/mol. The van der Waals surface area contributed by atoms with Crippen LogP contribution >= 0.6 is 0 Å². The summed E-state index contributed by atoms with van der Waals surface area (Å²) in [6, 6.07) is 0. The standard InChI is InChI=1S/C54H86O6/c1-4-7-10-13-16-19-22-25-26-27-30-32-35-38-41-44-47-53(56)59-50-51(60-54(57)48-45-42-39-36-33-29-24-21-18-15-12-9-6-3)49-58-52(55)46-43-40-37-34-31-28-23-20-17-14-11-8-5-2/h9,12,15,18,21,24,26-33,36-37,39-40,51H,4-8,10-11,13-14,16-17,19-20,22-23,25,34-35,38,41-50H2,1-3H3/b12-9-,18-15-,24-21-,27-26-,31-28-,32-30-,33-29-,39-36-,40-37-. The number of unbranched alkanes of at least 4 members (excludes halogenated alkanes) is 17. The molecule has 0 rings (SSSR count). The fourth-order valence-electron chi connectivity index (χ4n) is 6.04. The first-order valence-electron chi connectivity index (χ1n) is 24.0. The molecule has 60 heavy (non-hydrogen) atoms. The van der Waals surface area contributed by atoms with Crippen LogP contribution in [0.4, 0.5) is 0 Å². The van der Waals surface area contributed by atoms with E-state index in [4.69, 9.17) is 14.2 Å². The van der Waals surface area contributed by atoms with Crippen LogP contribution < -0.4 is 0 Å². The summed E-state index contributed by atoms with van der Waals surface area (Å²) >= 11 is 0. The highest BCUT2D eigenvalue weighted by molar-refractivity contribution is 5.71. The highest BCUT2D eigenvalue weighted by Gasteiger charge is 2.19. The number of rotatable bonds is 41. The minimum Gasteiger partial charge on any atom is -0.462 e. The molecule has 0 spiro atoms. The van der Waals surface area contributed by atoms with Crippen molar-refractivity contribution in [2.75, 3.05) is 13.2 Å². The average Bonchev–Trinajstić information content (AvgIpc) is 3.24. The third-order valence-corrected chi connectivity index (χ3v) is 9.65. The minimum atomic E-state index is -0.849. The normalized spacial score (nSPS) is 13.1. The summed E-state index contributed by atoms with van der Waals surface area (Å²) in [5.41, 5.74) is 0. The van der Waals surface area contributed by atoms with Gasteiger partial charge in [0.2, 0.25) is 0 Å². The molecule has 0 saturated heterocycles. The van der Waals surface area contributed by atoms with Gasteiger partial charge in [0, 0.05) is 19.3 Å². The largest absolute Gasteiger partial charge is 0.462 e. The Balaban J connectivity index is 4.61. The van der Waals surface area contributed by atoms with Crippen molar-refractivity contribution in [3.8, 4) is 0 Å². The number of carbonyl (C=O) groups is 3. The van der Waals surface area contributed by atoms with Gasteiger partial charge in [0.15, 0.2) is 6.10 Å². The molecule has 0 aliphatic carbocycles. The van der Waals surface area contributed by atoms with Gasteiger partial charge in [0.25, 0.3) is 0 Å². The molecule has 0 aliphatic heterocycles. The molecule has 0 radical (unpaired) electrons. The topological polar surface area (TPSA) is 78.9 Å². The van der Waals surface area contributed by atoms with Gasteiger partial charge >= 0.3 is 17.9 Å². The van der Waals surface area contributed by atoms with Crippen LogP contribution in [0.15, 0.2) is 109 Å². The predicted octanol–water partition coefficient (Wildman–Crippen LogP) is 15.6. The van der Waals surface area contributed by atoms with E-state index in [9.17, 15) is 14.4 Å². The summed E-state index contributed by atoms with van der Waals surface area (Å²) < 4.78 is 16.6. The molecule has 0 aromatic heterocycles. The summed E-state index contributed by atoms with van der Waals surface area (Å²) in [6.45, 7) is 6.31. The lowest BCUT2D eigenvalue weighted by Crippen LogP contribution is -2.30. The van der Waals surface area contributed by atoms with Gasteiger partial charge in [-0.2, -0.15) is 0 Å². The van der Waals surface area contributed by atoms with Gasteiger partial charge in [-0.15, -0.1) is 0 Å². The first kappa shape index (κ1) is 56.1. The van der Waals surface area contributed by atoms with Crippen molar-refractivity contribution in [3.05, 3.63) is 109 Å². The highest BCUT2D eigenvalue weighted by atomic mass is 16.6. The Bertz CT molecular complexity index is 1280. The van der Waals surface area contributed by atoms with E-state index in [1.807, 2.05) is 60.8 Å². The fourth-order valence-corrected chi connectivity index (χ4v) is 6.04. The molecule has 0 amide bonds. The van der Waals surface area contributed by atoms with Crippen molar-refractivity contribution >= 4 is 17.9 Å². The second-order valence-electron chi connectivity index (χ2n) is 15.4. The highest BCUT2D eigenvalue weighted by Crippen LogP contribution is 2.11. The van der Waals surface area contributed by atoms with Gasteiger partial charge in [-0.25, -0.2) is 0 Å².